The van der Waals surface area contributed by atoms with Crippen LogP contribution in [0.2, 0.25) is 0 Å². The Morgan fingerprint density at radius 2 is 1.64 bits per heavy atom. The van der Waals surface area contributed by atoms with Gasteiger partial charge in [-0.2, -0.15) is 0 Å². The molecule has 0 aliphatic heterocycles. The van der Waals surface area contributed by atoms with E-state index in [1.807, 2.05) is 48.5 Å². The molecule has 112 valence electrons. The highest BCUT2D eigenvalue weighted by atomic mass is 16.5. The van der Waals surface area contributed by atoms with Crippen molar-refractivity contribution in [2.45, 2.75) is 19.4 Å². The lowest BCUT2D eigenvalue weighted by Gasteiger charge is -2.12. The third kappa shape index (κ3) is 2.48. The molecule has 0 aliphatic carbocycles. The predicted octanol–water partition coefficient (Wildman–Crippen LogP) is 3.11. The van der Waals surface area contributed by atoms with Gasteiger partial charge in [0.1, 0.15) is 0 Å². The normalized spacial score (nSPS) is 11.0. The zero-order valence-corrected chi connectivity index (χ0v) is 12.4. The average molecular weight is 295 g/mol. The summed E-state index contributed by atoms with van der Waals surface area (Å²) in [6.45, 7) is 0.499. The lowest BCUT2D eigenvalue weighted by Crippen LogP contribution is -2.21. The van der Waals surface area contributed by atoms with Gasteiger partial charge >= 0.3 is 5.97 Å². The number of aromatic nitrogens is 1. The fourth-order valence-corrected chi connectivity index (χ4v) is 2.80. The summed E-state index contributed by atoms with van der Waals surface area (Å²) >= 11 is 0. The van der Waals surface area contributed by atoms with Crippen LogP contribution in [0.1, 0.15) is 12.8 Å². The molecule has 0 spiro atoms. The second-order valence-electron chi connectivity index (χ2n) is 5.20. The maximum Gasteiger partial charge on any atom is 0.305 e. The summed E-state index contributed by atoms with van der Waals surface area (Å²) in [4.78, 5) is 24.0. The number of rotatable bonds is 4. The fraction of sp³-hybridized carbons (Fsp3) is 0.222. The van der Waals surface area contributed by atoms with Crippen molar-refractivity contribution >= 4 is 27.6 Å². The van der Waals surface area contributed by atoms with Crippen molar-refractivity contribution in [1.29, 1.82) is 0 Å². The molecule has 0 unspecified atom stereocenters. The molecule has 0 saturated carbocycles. The highest BCUT2D eigenvalue weighted by Gasteiger charge is 2.10. The number of methoxy groups -OCH3 is 1. The third-order valence-corrected chi connectivity index (χ3v) is 3.88. The van der Waals surface area contributed by atoms with Crippen LogP contribution < -0.4 is 5.56 Å². The van der Waals surface area contributed by atoms with E-state index < -0.39 is 0 Å². The van der Waals surface area contributed by atoms with E-state index in [4.69, 9.17) is 0 Å². The number of esters is 1. The summed E-state index contributed by atoms with van der Waals surface area (Å²) in [6.07, 6.45) is 0.888. The van der Waals surface area contributed by atoms with Crippen molar-refractivity contribution in [3.63, 3.8) is 0 Å². The zero-order chi connectivity index (χ0) is 15.5. The monoisotopic (exact) mass is 295 g/mol. The molecule has 3 rings (SSSR count). The number of para-hydroxylation sites is 1. The van der Waals surface area contributed by atoms with Gasteiger partial charge in [0.15, 0.2) is 0 Å². The molecular weight excluding hydrogens is 278 g/mol. The molecule has 2 aromatic carbocycles. The van der Waals surface area contributed by atoms with E-state index in [-0.39, 0.29) is 11.5 Å². The van der Waals surface area contributed by atoms with E-state index in [0.29, 0.717) is 24.8 Å². The zero-order valence-electron chi connectivity index (χ0n) is 12.4. The van der Waals surface area contributed by atoms with Gasteiger partial charge in [0, 0.05) is 23.7 Å². The van der Waals surface area contributed by atoms with Crippen molar-refractivity contribution < 1.29 is 9.53 Å². The standard InChI is InChI=1S/C18H17NO3/c1-22-17(20)11-6-12-19-16-10-5-4-8-14(16)13-7-2-3-9-15(13)18(19)21/h2-5,7-10H,6,11-12H2,1H3. The first-order chi connectivity index (χ1) is 10.7. The Labute approximate surface area is 127 Å². The molecular formula is C18H17NO3. The SMILES string of the molecule is COC(=O)CCCn1c(=O)c2ccccc2c2ccccc21. The smallest absolute Gasteiger partial charge is 0.305 e. The van der Waals surface area contributed by atoms with Gasteiger partial charge in [-0.3, -0.25) is 9.59 Å². The average Bonchev–Trinajstić information content (AvgIpc) is 2.57. The van der Waals surface area contributed by atoms with E-state index in [9.17, 15) is 9.59 Å². The number of aryl methyl sites for hydroxylation is 1. The number of pyridine rings is 1. The van der Waals surface area contributed by atoms with Gasteiger partial charge < -0.3 is 9.30 Å². The largest absolute Gasteiger partial charge is 0.469 e. The van der Waals surface area contributed by atoms with E-state index in [1.54, 1.807) is 4.57 Å². The van der Waals surface area contributed by atoms with Crippen LogP contribution in [0.25, 0.3) is 21.7 Å². The Kier molecular flexibility index (Phi) is 3.92. The highest BCUT2D eigenvalue weighted by molar-refractivity contribution is 6.05. The maximum atomic E-state index is 12.7. The summed E-state index contributed by atoms with van der Waals surface area (Å²) in [5.41, 5.74) is 0.884. The Hall–Kier alpha value is -2.62. The number of hydrogen-bond acceptors (Lipinski definition) is 3. The quantitative estimate of drug-likeness (QED) is 0.549. The van der Waals surface area contributed by atoms with Gasteiger partial charge in [0.2, 0.25) is 0 Å². The summed E-state index contributed by atoms with van der Waals surface area (Å²) in [5, 5.41) is 2.72. The Bertz CT molecular complexity index is 896. The lowest BCUT2D eigenvalue weighted by molar-refractivity contribution is -0.140. The molecule has 0 radical (unpaired) electrons. The number of ether oxygens (including phenoxy) is 1. The highest BCUT2D eigenvalue weighted by Crippen LogP contribution is 2.22. The molecule has 1 heterocycles. The van der Waals surface area contributed by atoms with E-state index in [1.165, 1.54) is 7.11 Å². The Morgan fingerprint density at radius 3 is 2.36 bits per heavy atom. The lowest BCUT2D eigenvalue weighted by atomic mass is 10.1. The second kappa shape index (κ2) is 6.02. The molecule has 0 fully saturated rings. The molecule has 4 heteroatoms. The first-order valence-electron chi connectivity index (χ1n) is 7.29. The van der Waals surface area contributed by atoms with Crippen molar-refractivity contribution in [2.24, 2.45) is 0 Å². The van der Waals surface area contributed by atoms with Crippen molar-refractivity contribution in [2.75, 3.05) is 7.11 Å². The number of nitrogens with zero attached hydrogens (tertiary/aromatic N) is 1. The van der Waals surface area contributed by atoms with Gasteiger partial charge in [0.25, 0.3) is 5.56 Å². The topological polar surface area (TPSA) is 48.3 Å². The summed E-state index contributed by atoms with van der Waals surface area (Å²) in [7, 11) is 1.37. The van der Waals surface area contributed by atoms with Crippen LogP contribution in [0.15, 0.2) is 53.3 Å². The minimum atomic E-state index is -0.252. The van der Waals surface area contributed by atoms with Crippen LogP contribution in [-0.4, -0.2) is 17.6 Å². The minimum absolute atomic E-state index is 0.0147. The number of hydrogen-bond donors (Lipinski definition) is 0. The van der Waals surface area contributed by atoms with Crippen molar-refractivity contribution in [3.8, 4) is 0 Å². The molecule has 0 saturated heterocycles. The molecule has 0 atom stereocenters. The Morgan fingerprint density at radius 1 is 1.00 bits per heavy atom. The molecule has 0 bridgehead atoms. The number of carbonyl (C=O) groups is 1. The molecule has 0 aliphatic rings. The van der Waals surface area contributed by atoms with Gasteiger partial charge in [-0.05, 0) is 23.9 Å². The molecule has 4 nitrogen and oxygen atoms in total. The summed E-state index contributed by atoms with van der Waals surface area (Å²) < 4.78 is 6.40. The number of fused-ring (bicyclic) bond motifs is 3. The van der Waals surface area contributed by atoms with E-state index >= 15 is 0 Å². The van der Waals surface area contributed by atoms with Crippen molar-refractivity contribution in [3.05, 3.63) is 58.9 Å². The molecule has 1 aromatic heterocycles. The van der Waals surface area contributed by atoms with Crippen molar-refractivity contribution in [1.82, 2.24) is 4.57 Å². The number of carbonyl (C=O) groups excluding carboxylic acids is 1. The van der Waals surface area contributed by atoms with Gasteiger partial charge in [-0.25, -0.2) is 0 Å². The molecule has 0 amide bonds. The second-order valence-corrected chi connectivity index (χ2v) is 5.20. The minimum Gasteiger partial charge on any atom is -0.469 e. The first kappa shape index (κ1) is 14.3. The van der Waals surface area contributed by atoms with Crippen LogP contribution in [-0.2, 0) is 16.1 Å². The van der Waals surface area contributed by atoms with Gasteiger partial charge in [0.05, 0.1) is 12.6 Å². The van der Waals surface area contributed by atoms with E-state index in [0.717, 1.165) is 16.3 Å². The number of benzene rings is 2. The third-order valence-electron chi connectivity index (χ3n) is 3.88. The van der Waals surface area contributed by atoms with Crippen LogP contribution in [0.3, 0.4) is 0 Å². The van der Waals surface area contributed by atoms with E-state index in [2.05, 4.69) is 4.74 Å². The fourth-order valence-electron chi connectivity index (χ4n) is 2.80. The summed E-state index contributed by atoms with van der Waals surface area (Å²) in [6, 6.07) is 15.5. The van der Waals surface area contributed by atoms with Crippen LogP contribution in [0.5, 0.6) is 0 Å². The maximum absolute atomic E-state index is 12.7. The summed E-state index contributed by atoms with van der Waals surface area (Å²) in [5.74, 6) is -0.252. The molecule has 0 N–H and O–H groups in total. The van der Waals surface area contributed by atoms with Crippen LogP contribution in [0.4, 0.5) is 0 Å². The van der Waals surface area contributed by atoms with Crippen LogP contribution >= 0.6 is 0 Å². The molecule has 3 aromatic rings. The van der Waals surface area contributed by atoms with Gasteiger partial charge in [-0.15, -0.1) is 0 Å². The first-order valence-corrected chi connectivity index (χ1v) is 7.29. The predicted molar refractivity (Wildman–Crippen MR) is 87.0 cm³/mol. The Balaban J connectivity index is 2.13. The van der Waals surface area contributed by atoms with Gasteiger partial charge in [-0.1, -0.05) is 36.4 Å². The van der Waals surface area contributed by atoms with Crippen LogP contribution in [0, 0.1) is 0 Å². The molecule has 22 heavy (non-hydrogen) atoms.